The Kier molecular flexibility index (Phi) is 3.67. The monoisotopic (exact) mass is 321 g/mol. The molecule has 3 heteroatoms. The van der Waals surface area contributed by atoms with Gasteiger partial charge in [-0.15, -0.1) is 0 Å². The number of benzene rings is 1. The average molecular weight is 321 g/mol. The smallest absolute Gasteiger partial charge is 0.185 e. The second kappa shape index (κ2) is 5.62. The summed E-state index contributed by atoms with van der Waals surface area (Å²) in [5, 5.41) is 18.8. The predicted octanol–water partition coefficient (Wildman–Crippen LogP) is 4.55. The fourth-order valence-electron chi connectivity index (χ4n) is 5.88. The molecule has 4 aliphatic rings. The Hall–Kier alpha value is -1.82. The van der Waals surface area contributed by atoms with Crippen LogP contribution in [0.1, 0.15) is 51.5 Å². The Morgan fingerprint density at radius 2 is 1.58 bits per heavy atom. The second-order valence-electron chi connectivity index (χ2n) is 8.73. The Labute approximate surface area is 145 Å². The first-order chi connectivity index (χ1) is 11.5. The lowest BCUT2D eigenvalue weighted by atomic mass is 9.53. The first-order valence-electron chi connectivity index (χ1n) is 9.34. The summed E-state index contributed by atoms with van der Waals surface area (Å²) in [4.78, 5) is 1.79. The Morgan fingerprint density at radius 1 is 1.04 bits per heavy atom. The number of nitrogens with one attached hydrogen (secondary N) is 1. The maximum atomic E-state index is 9.93. The maximum absolute atomic E-state index is 9.93. The summed E-state index contributed by atoms with van der Waals surface area (Å²) in [6.45, 7) is 4.15. The predicted molar refractivity (Wildman–Crippen MR) is 95.5 cm³/mol. The van der Waals surface area contributed by atoms with Crippen molar-refractivity contribution in [2.24, 2.45) is 23.7 Å². The van der Waals surface area contributed by atoms with E-state index in [9.17, 15) is 5.26 Å². The van der Waals surface area contributed by atoms with E-state index in [1.54, 1.807) is 4.90 Å². The molecule has 0 unspecified atom stereocenters. The summed E-state index contributed by atoms with van der Waals surface area (Å²) in [7, 11) is 0. The lowest BCUT2D eigenvalue weighted by Gasteiger charge is -2.56. The molecule has 24 heavy (non-hydrogen) atoms. The largest absolute Gasteiger partial charge is 0.287 e. The summed E-state index contributed by atoms with van der Waals surface area (Å²) < 4.78 is 0. The van der Waals surface area contributed by atoms with Crippen LogP contribution >= 0.6 is 0 Å². The van der Waals surface area contributed by atoms with Gasteiger partial charge in [-0.05, 0) is 75.2 Å². The van der Waals surface area contributed by atoms with Gasteiger partial charge in [-0.2, -0.15) is 5.26 Å². The van der Waals surface area contributed by atoms with Crippen molar-refractivity contribution in [3.05, 3.63) is 35.9 Å². The van der Waals surface area contributed by atoms with Crippen LogP contribution in [-0.2, 0) is 5.41 Å². The first-order valence-corrected chi connectivity index (χ1v) is 9.34. The molecular formula is C21H27N3. The number of rotatable bonds is 3. The molecule has 1 aromatic rings. The Bertz CT molecular complexity index is 642. The van der Waals surface area contributed by atoms with Crippen LogP contribution < -0.4 is 0 Å². The fraction of sp³-hybridized carbons (Fsp3) is 0.619. The molecule has 1 N–H and O–H groups in total. The minimum Gasteiger partial charge on any atom is -0.287 e. The van der Waals surface area contributed by atoms with Gasteiger partial charge in [-0.1, -0.05) is 30.3 Å². The van der Waals surface area contributed by atoms with E-state index in [2.05, 4.69) is 32.2 Å². The van der Waals surface area contributed by atoms with Gasteiger partial charge in [-0.3, -0.25) is 10.3 Å². The number of nitrogens with zero attached hydrogens (tertiary/aromatic N) is 2. The molecule has 0 amide bonds. The van der Waals surface area contributed by atoms with E-state index in [1.807, 2.05) is 18.2 Å². The van der Waals surface area contributed by atoms with Gasteiger partial charge < -0.3 is 0 Å². The lowest BCUT2D eigenvalue weighted by Crippen LogP contribution is -2.58. The van der Waals surface area contributed by atoms with E-state index < -0.39 is 5.41 Å². The molecule has 0 aliphatic heterocycles. The van der Waals surface area contributed by atoms with E-state index in [0.717, 1.165) is 17.4 Å². The van der Waals surface area contributed by atoms with Crippen molar-refractivity contribution in [1.29, 1.82) is 10.7 Å². The number of nitriles is 1. The second-order valence-corrected chi connectivity index (χ2v) is 8.73. The quantitative estimate of drug-likeness (QED) is 0.384. The highest BCUT2D eigenvalue weighted by Gasteiger charge is 2.51. The van der Waals surface area contributed by atoms with Crippen LogP contribution in [0.25, 0.3) is 0 Å². The van der Waals surface area contributed by atoms with Crippen LogP contribution in [0.4, 0.5) is 0 Å². The van der Waals surface area contributed by atoms with Crippen LogP contribution in [0.15, 0.2) is 30.3 Å². The third-order valence-corrected chi connectivity index (χ3v) is 6.91. The highest BCUT2D eigenvalue weighted by atomic mass is 15.2. The van der Waals surface area contributed by atoms with Crippen LogP contribution in [-0.4, -0.2) is 16.8 Å². The Morgan fingerprint density at radius 3 is 2.08 bits per heavy atom. The molecular weight excluding hydrogens is 294 g/mol. The minimum absolute atomic E-state index is 0.262. The van der Waals surface area contributed by atoms with E-state index in [1.165, 1.54) is 32.1 Å². The average Bonchev–Trinajstić information content (AvgIpc) is 2.57. The zero-order chi connectivity index (χ0) is 16.9. The molecule has 4 fully saturated rings. The maximum Gasteiger partial charge on any atom is 0.185 e. The van der Waals surface area contributed by atoms with Crippen molar-refractivity contribution in [3.8, 4) is 6.19 Å². The van der Waals surface area contributed by atoms with Gasteiger partial charge in [0.05, 0.1) is 6.04 Å². The lowest BCUT2D eigenvalue weighted by molar-refractivity contribution is -0.0336. The molecule has 4 saturated carbocycles. The number of amidine groups is 1. The van der Waals surface area contributed by atoms with Crippen LogP contribution in [0.5, 0.6) is 0 Å². The van der Waals surface area contributed by atoms with E-state index in [4.69, 9.17) is 5.41 Å². The summed E-state index contributed by atoms with van der Waals surface area (Å²) in [6.07, 6.45) is 8.92. The number of hydrogen-bond donors (Lipinski definition) is 1. The molecule has 0 radical (unpaired) electrons. The normalized spacial score (nSPS) is 34.0. The minimum atomic E-state index is -0.439. The number of hydrogen-bond acceptors (Lipinski definition) is 2. The van der Waals surface area contributed by atoms with E-state index in [0.29, 0.717) is 17.7 Å². The van der Waals surface area contributed by atoms with Gasteiger partial charge in [0.2, 0.25) is 0 Å². The van der Waals surface area contributed by atoms with Crippen molar-refractivity contribution >= 4 is 5.84 Å². The molecule has 126 valence electrons. The zero-order valence-electron chi connectivity index (χ0n) is 14.7. The van der Waals surface area contributed by atoms with E-state index in [-0.39, 0.29) is 6.04 Å². The highest BCUT2D eigenvalue weighted by molar-refractivity contribution is 5.91. The van der Waals surface area contributed by atoms with Gasteiger partial charge >= 0.3 is 0 Å². The van der Waals surface area contributed by atoms with Gasteiger partial charge in [0, 0.05) is 5.41 Å². The third-order valence-electron chi connectivity index (χ3n) is 6.91. The first kappa shape index (κ1) is 15.7. The molecule has 5 rings (SSSR count). The summed E-state index contributed by atoms with van der Waals surface area (Å²) in [5.41, 5.74) is 0.671. The highest BCUT2D eigenvalue weighted by Crippen LogP contribution is 2.55. The van der Waals surface area contributed by atoms with Gasteiger partial charge in [0.25, 0.3) is 0 Å². The summed E-state index contributed by atoms with van der Waals surface area (Å²) >= 11 is 0. The van der Waals surface area contributed by atoms with Gasteiger partial charge in [0.15, 0.2) is 6.19 Å². The molecule has 0 atom stereocenters. The molecule has 0 saturated heterocycles. The van der Waals surface area contributed by atoms with Crippen molar-refractivity contribution in [2.45, 2.75) is 57.4 Å². The SMILES string of the molecule is CC(C)(C(=N)N(C#N)C1C2CC3CC(C2)CC1C3)c1ccccc1. The van der Waals surface area contributed by atoms with Crippen molar-refractivity contribution < 1.29 is 0 Å². The van der Waals surface area contributed by atoms with Crippen LogP contribution in [0.2, 0.25) is 0 Å². The van der Waals surface area contributed by atoms with Crippen LogP contribution in [0.3, 0.4) is 0 Å². The molecule has 3 nitrogen and oxygen atoms in total. The molecule has 0 spiro atoms. The van der Waals surface area contributed by atoms with Crippen molar-refractivity contribution in [1.82, 2.24) is 4.90 Å². The van der Waals surface area contributed by atoms with Crippen molar-refractivity contribution in [2.75, 3.05) is 0 Å². The van der Waals surface area contributed by atoms with Gasteiger partial charge in [0.1, 0.15) is 5.84 Å². The third kappa shape index (κ3) is 2.35. The van der Waals surface area contributed by atoms with Gasteiger partial charge in [-0.25, -0.2) is 0 Å². The zero-order valence-corrected chi connectivity index (χ0v) is 14.7. The molecule has 0 aromatic heterocycles. The molecule has 1 aromatic carbocycles. The summed E-state index contributed by atoms with van der Waals surface area (Å²) in [6, 6.07) is 10.4. The fourth-order valence-corrected chi connectivity index (χ4v) is 5.88. The molecule has 0 heterocycles. The van der Waals surface area contributed by atoms with E-state index >= 15 is 0 Å². The Balaban J connectivity index is 1.62. The van der Waals surface area contributed by atoms with Crippen LogP contribution in [0, 0.1) is 40.5 Å². The summed E-state index contributed by atoms with van der Waals surface area (Å²) in [5.74, 6) is 3.48. The molecule has 4 bridgehead atoms. The standard InChI is InChI=1S/C21H27N3/c1-21(2,18-6-4-3-5-7-18)20(23)24(13-22)19-16-9-14-8-15(11-16)12-17(19)10-14/h3-7,14-17,19,23H,8-12H2,1-2H3. The molecule has 4 aliphatic carbocycles. The van der Waals surface area contributed by atoms with Crippen molar-refractivity contribution in [3.63, 3.8) is 0 Å². The topological polar surface area (TPSA) is 50.9 Å².